The summed E-state index contributed by atoms with van der Waals surface area (Å²) < 4.78 is 5.01. The fourth-order valence-electron chi connectivity index (χ4n) is 0.663. The van der Waals surface area contributed by atoms with E-state index in [-0.39, 0.29) is 19.2 Å². The molecule has 0 radical (unpaired) electrons. The molecule has 0 saturated carbocycles. The number of azide groups is 1. The maximum atomic E-state index is 10.1. The molecule has 0 heterocycles. The number of carboxylic acid groups (broad SMARTS) is 1. The van der Waals surface area contributed by atoms with Gasteiger partial charge in [-0.05, 0) is 12.5 Å². The fourth-order valence-corrected chi connectivity index (χ4v) is 0.663. The van der Waals surface area contributed by atoms with Gasteiger partial charge in [-0.15, -0.1) is 0 Å². The molecule has 7 heteroatoms. The molecule has 2 N–H and O–H groups in total. The van der Waals surface area contributed by atoms with Gasteiger partial charge in [-0.2, -0.15) is 0 Å². The van der Waals surface area contributed by atoms with E-state index in [1.165, 1.54) is 0 Å². The molecule has 0 bridgehead atoms. The first-order valence-corrected chi connectivity index (χ1v) is 3.75. The van der Waals surface area contributed by atoms with E-state index in [0.29, 0.717) is 6.61 Å². The van der Waals surface area contributed by atoms with E-state index in [2.05, 4.69) is 15.3 Å². The molecule has 0 saturated heterocycles. The Morgan fingerprint density at radius 3 is 3.08 bits per heavy atom. The first-order chi connectivity index (χ1) is 6.16. The molecule has 0 aliphatic rings. The van der Waals surface area contributed by atoms with Crippen LogP contribution in [0.1, 0.15) is 6.92 Å². The van der Waals surface area contributed by atoms with E-state index in [0.717, 1.165) is 0 Å². The van der Waals surface area contributed by atoms with Crippen LogP contribution >= 0.6 is 0 Å². The van der Waals surface area contributed by atoms with E-state index < -0.39 is 6.09 Å². The fraction of sp³-hybridized carbons (Fsp3) is 0.833. The van der Waals surface area contributed by atoms with Crippen molar-refractivity contribution in [3.8, 4) is 0 Å². The normalized spacial score (nSPS) is 11.5. The van der Waals surface area contributed by atoms with Gasteiger partial charge in [-0.3, -0.25) is 0 Å². The highest BCUT2D eigenvalue weighted by Crippen LogP contribution is 1.85. The zero-order valence-corrected chi connectivity index (χ0v) is 7.30. The van der Waals surface area contributed by atoms with Crippen molar-refractivity contribution >= 4 is 6.09 Å². The van der Waals surface area contributed by atoms with Gasteiger partial charge in [0.1, 0.15) is 0 Å². The van der Waals surface area contributed by atoms with Crippen molar-refractivity contribution in [2.45, 2.75) is 13.0 Å². The van der Waals surface area contributed by atoms with E-state index in [4.69, 9.17) is 15.4 Å². The Morgan fingerprint density at radius 1 is 1.85 bits per heavy atom. The van der Waals surface area contributed by atoms with Crippen LogP contribution in [0.15, 0.2) is 5.11 Å². The number of carbonyl (C=O) groups is 1. The van der Waals surface area contributed by atoms with Gasteiger partial charge in [-0.1, -0.05) is 5.11 Å². The highest BCUT2D eigenvalue weighted by Gasteiger charge is 2.03. The number of amides is 1. The molecule has 7 nitrogen and oxygen atoms in total. The number of hydrogen-bond donors (Lipinski definition) is 2. The summed E-state index contributed by atoms with van der Waals surface area (Å²) in [5.74, 6) is 0. The van der Waals surface area contributed by atoms with Gasteiger partial charge in [0.2, 0.25) is 0 Å². The second-order valence-electron chi connectivity index (χ2n) is 2.38. The summed E-state index contributed by atoms with van der Waals surface area (Å²) in [6, 6.07) is -0.261. The van der Waals surface area contributed by atoms with Crippen molar-refractivity contribution in [1.29, 1.82) is 0 Å². The highest BCUT2D eigenvalue weighted by molar-refractivity contribution is 5.64. The Labute approximate surface area is 75.3 Å². The average molecular weight is 188 g/mol. The molecule has 1 amide bonds. The van der Waals surface area contributed by atoms with Crippen molar-refractivity contribution in [3.05, 3.63) is 10.4 Å². The van der Waals surface area contributed by atoms with Crippen molar-refractivity contribution in [2.24, 2.45) is 5.11 Å². The molecule has 0 aliphatic carbocycles. The third-order valence-electron chi connectivity index (χ3n) is 1.14. The van der Waals surface area contributed by atoms with E-state index in [9.17, 15) is 4.79 Å². The lowest BCUT2D eigenvalue weighted by Gasteiger charge is -2.10. The van der Waals surface area contributed by atoms with Crippen molar-refractivity contribution in [2.75, 3.05) is 19.8 Å². The summed E-state index contributed by atoms with van der Waals surface area (Å²) in [7, 11) is 0. The van der Waals surface area contributed by atoms with E-state index >= 15 is 0 Å². The molecule has 0 aromatic carbocycles. The van der Waals surface area contributed by atoms with Crippen molar-refractivity contribution in [1.82, 2.24) is 5.32 Å². The quantitative estimate of drug-likeness (QED) is 0.280. The van der Waals surface area contributed by atoms with Gasteiger partial charge in [0.15, 0.2) is 0 Å². The van der Waals surface area contributed by atoms with E-state index in [1.807, 2.05) is 0 Å². The summed E-state index contributed by atoms with van der Waals surface area (Å²) in [5, 5.41) is 13.8. The van der Waals surface area contributed by atoms with Crippen LogP contribution in [-0.2, 0) is 4.74 Å². The average Bonchev–Trinajstić information content (AvgIpc) is 2.02. The topological polar surface area (TPSA) is 107 Å². The predicted octanol–water partition coefficient (Wildman–Crippen LogP) is 0.969. The Bertz CT molecular complexity index is 202. The maximum absolute atomic E-state index is 10.1. The second-order valence-corrected chi connectivity index (χ2v) is 2.38. The van der Waals surface area contributed by atoms with E-state index in [1.54, 1.807) is 6.92 Å². The molecule has 13 heavy (non-hydrogen) atoms. The van der Waals surface area contributed by atoms with Crippen LogP contribution in [0.2, 0.25) is 0 Å². The first kappa shape index (κ1) is 11.5. The minimum Gasteiger partial charge on any atom is -0.465 e. The molecule has 0 aliphatic heterocycles. The lowest BCUT2D eigenvalue weighted by Crippen LogP contribution is -2.34. The van der Waals surface area contributed by atoms with Crippen molar-refractivity contribution in [3.63, 3.8) is 0 Å². The molecular weight excluding hydrogens is 176 g/mol. The van der Waals surface area contributed by atoms with Crippen LogP contribution < -0.4 is 5.32 Å². The third-order valence-corrected chi connectivity index (χ3v) is 1.14. The Kier molecular flexibility index (Phi) is 6.39. The SMILES string of the molecule is CC(COCCN=[N+]=[N-])NC(=O)O. The monoisotopic (exact) mass is 188 g/mol. The van der Waals surface area contributed by atoms with Crippen LogP contribution in [-0.4, -0.2) is 37.0 Å². The molecular formula is C6H12N4O3. The summed E-state index contributed by atoms with van der Waals surface area (Å²) in [6.07, 6.45) is -1.08. The molecule has 0 aromatic rings. The summed E-state index contributed by atoms with van der Waals surface area (Å²) >= 11 is 0. The van der Waals surface area contributed by atoms with Gasteiger partial charge < -0.3 is 15.2 Å². The van der Waals surface area contributed by atoms with Crippen LogP contribution in [0.25, 0.3) is 10.4 Å². The molecule has 0 spiro atoms. The second kappa shape index (κ2) is 7.20. The predicted molar refractivity (Wildman–Crippen MR) is 45.5 cm³/mol. The summed E-state index contributed by atoms with van der Waals surface area (Å²) in [6.45, 7) is 2.51. The molecule has 0 rings (SSSR count). The molecule has 1 unspecified atom stereocenters. The number of nitrogens with zero attached hydrogens (tertiary/aromatic N) is 3. The zero-order chi connectivity index (χ0) is 10.1. The maximum Gasteiger partial charge on any atom is 0.404 e. The Hall–Kier alpha value is -1.46. The lowest BCUT2D eigenvalue weighted by atomic mass is 10.4. The molecule has 0 aromatic heterocycles. The molecule has 74 valence electrons. The lowest BCUT2D eigenvalue weighted by molar-refractivity contribution is 0.118. The van der Waals surface area contributed by atoms with Crippen LogP contribution in [0, 0.1) is 0 Å². The van der Waals surface area contributed by atoms with Crippen molar-refractivity contribution < 1.29 is 14.6 Å². The summed E-state index contributed by atoms with van der Waals surface area (Å²) in [5.41, 5.74) is 7.91. The zero-order valence-electron chi connectivity index (χ0n) is 7.30. The van der Waals surface area contributed by atoms with Crippen LogP contribution in [0.4, 0.5) is 4.79 Å². The Morgan fingerprint density at radius 2 is 2.54 bits per heavy atom. The number of ether oxygens (including phenoxy) is 1. The first-order valence-electron chi connectivity index (χ1n) is 3.75. The number of nitrogens with one attached hydrogen (secondary N) is 1. The largest absolute Gasteiger partial charge is 0.465 e. The minimum absolute atomic E-state index is 0.260. The van der Waals surface area contributed by atoms with Gasteiger partial charge in [0.05, 0.1) is 19.3 Å². The van der Waals surface area contributed by atoms with Gasteiger partial charge in [0.25, 0.3) is 0 Å². The molecule has 1 atom stereocenters. The van der Waals surface area contributed by atoms with Crippen LogP contribution in [0.5, 0.6) is 0 Å². The Balaban J connectivity index is 3.31. The smallest absolute Gasteiger partial charge is 0.404 e. The van der Waals surface area contributed by atoms with Gasteiger partial charge >= 0.3 is 6.09 Å². The summed E-state index contributed by atoms with van der Waals surface area (Å²) in [4.78, 5) is 12.6. The van der Waals surface area contributed by atoms with Gasteiger partial charge in [-0.25, -0.2) is 4.79 Å². The molecule has 0 fully saturated rings. The standard InChI is InChI=1S/C6H12N4O3/c1-5(9-6(11)12)4-13-3-2-8-10-7/h5,9H,2-4H2,1H3,(H,11,12). The van der Waals surface area contributed by atoms with Gasteiger partial charge in [0, 0.05) is 11.5 Å². The highest BCUT2D eigenvalue weighted by atomic mass is 16.5. The number of hydrogen-bond acceptors (Lipinski definition) is 3. The van der Waals surface area contributed by atoms with Crippen LogP contribution in [0.3, 0.4) is 0 Å². The minimum atomic E-state index is -1.08. The third kappa shape index (κ3) is 8.45. The number of rotatable bonds is 6.